The van der Waals surface area contributed by atoms with Gasteiger partial charge in [0.2, 0.25) is 0 Å². The van der Waals surface area contributed by atoms with Crippen LogP contribution in [0.1, 0.15) is 25.7 Å². The first-order chi connectivity index (χ1) is 7.93. The molecular formula is C11H17Br2F3O. The molecule has 1 nitrogen and oxygen atoms in total. The highest BCUT2D eigenvalue weighted by Crippen LogP contribution is 2.43. The van der Waals surface area contributed by atoms with E-state index in [4.69, 9.17) is 4.74 Å². The van der Waals surface area contributed by atoms with Crippen LogP contribution in [0.5, 0.6) is 0 Å². The molecule has 17 heavy (non-hydrogen) atoms. The summed E-state index contributed by atoms with van der Waals surface area (Å²) in [5.41, 5.74) is -0.207. The van der Waals surface area contributed by atoms with E-state index in [1.807, 2.05) is 0 Å². The summed E-state index contributed by atoms with van der Waals surface area (Å²) in [5.74, 6) is 0.453. The van der Waals surface area contributed by atoms with Gasteiger partial charge in [-0.1, -0.05) is 44.7 Å². The molecule has 0 aliphatic heterocycles. The quantitative estimate of drug-likeness (QED) is 0.614. The first-order valence-corrected chi connectivity index (χ1v) is 7.94. The maximum atomic E-state index is 12.1. The van der Waals surface area contributed by atoms with Gasteiger partial charge in [0, 0.05) is 16.1 Å². The average Bonchev–Trinajstić information content (AvgIpc) is 2.77. The second kappa shape index (κ2) is 6.75. The smallest absolute Gasteiger partial charge is 0.371 e. The molecule has 1 aliphatic carbocycles. The van der Waals surface area contributed by atoms with Crippen molar-refractivity contribution in [2.24, 2.45) is 11.3 Å². The molecule has 0 heterocycles. The van der Waals surface area contributed by atoms with E-state index >= 15 is 0 Å². The van der Waals surface area contributed by atoms with Gasteiger partial charge in [-0.2, -0.15) is 13.2 Å². The first-order valence-electron chi connectivity index (χ1n) is 5.70. The lowest BCUT2D eigenvalue weighted by atomic mass is 9.78. The normalized spacial score (nSPS) is 18.9. The Bertz CT molecular complexity index is 223. The Balaban J connectivity index is 2.52. The van der Waals surface area contributed by atoms with Crippen LogP contribution in [-0.4, -0.2) is 30.1 Å². The van der Waals surface area contributed by atoms with Gasteiger partial charge < -0.3 is 4.74 Å². The van der Waals surface area contributed by atoms with Crippen molar-refractivity contribution in [2.45, 2.75) is 31.9 Å². The molecule has 1 saturated carbocycles. The fourth-order valence-electron chi connectivity index (χ4n) is 2.36. The predicted octanol–water partition coefficient (Wildman–Crippen LogP) is 4.53. The largest absolute Gasteiger partial charge is 0.411 e. The molecule has 1 aliphatic rings. The molecule has 1 fully saturated rings. The highest BCUT2D eigenvalue weighted by molar-refractivity contribution is 9.09. The molecule has 0 radical (unpaired) electrons. The fraction of sp³-hybridized carbons (Fsp3) is 1.00. The van der Waals surface area contributed by atoms with Gasteiger partial charge in [0.05, 0.1) is 6.61 Å². The third-order valence-corrected chi connectivity index (χ3v) is 5.64. The Morgan fingerprint density at radius 2 is 1.53 bits per heavy atom. The van der Waals surface area contributed by atoms with Crippen molar-refractivity contribution in [3.8, 4) is 0 Å². The lowest BCUT2D eigenvalue weighted by molar-refractivity contribution is -0.181. The number of hydrogen-bond acceptors (Lipinski definition) is 1. The van der Waals surface area contributed by atoms with Gasteiger partial charge in [0.15, 0.2) is 0 Å². The summed E-state index contributed by atoms with van der Waals surface area (Å²) in [6.45, 7) is -0.991. The first kappa shape index (κ1) is 15.8. The number of alkyl halides is 5. The van der Waals surface area contributed by atoms with E-state index in [2.05, 4.69) is 31.9 Å². The van der Waals surface area contributed by atoms with Gasteiger partial charge >= 0.3 is 6.18 Å². The second-order valence-electron chi connectivity index (χ2n) is 4.72. The molecule has 0 amide bonds. The van der Waals surface area contributed by atoms with Crippen LogP contribution in [0.4, 0.5) is 13.2 Å². The van der Waals surface area contributed by atoms with Crippen LogP contribution < -0.4 is 0 Å². The fourth-order valence-corrected chi connectivity index (χ4v) is 4.53. The number of ether oxygens (including phenoxy) is 1. The molecule has 0 saturated heterocycles. The summed E-state index contributed by atoms with van der Waals surface area (Å²) in [7, 11) is 0. The molecule has 102 valence electrons. The molecule has 6 heteroatoms. The van der Waals surface area contributed by atoms with Crippen LogP contribution >= 0.6 is 31.9 Å². The zero-order valence-corrected chi connectivity index (χ0v) is 12.7. The minimum atomic E-state index is -4.24. The molecule has 1 rings (SSSR count). The number of halogens is 5. The van der Waals surface area contributed by atoms with Crippen LogP contribution in [0, 0.1) is 11.3 Å². The van der Waals surface area contributed by atoms with E-state index in [-0.39, 0.29) is 12.0 Å². The van der Waals surface area contributed by atoms with Crippen LogP contribution in [0.25, 0.3) is 0 Å². The van der Waals surface area contributed by atoms with Gasteiger partial charge in [0.1, 0.15) is 6.61 Å². The Hall–Kier alpha value is 0.710. The van der Waals surface area contributed by atoms with Crippen molar-refractivity contribution in [3.05, 3.63) is 0 Å². The maximum absolute atomic E-state index is 12.1. The summed E-state index contributed by atoms with van der Waals surface area (Å²) < 4.78 is 41.1. The monoisotopic (exact) mass is 380 g/mol. The predicted molar refractivity (Wildman–Crippen MR) is 68.9 cm³/mol. The zero-order chi connectivity index (χ0) is 12.9. The SMILES string of the molecule is FC(F)(F)COCC(CBr)(CBr)C1CCCC1. The summed E-state index contributed by atoms with van der Waals surface area (Å²) in [6, 6.07) is 0. The van der Waals surface area contributed by atoms with Crippen molar-refractivity contribution in [1.82, 2.24) is 0 Å². The molecule has 0 bridgehead atoms. The van der Waals surface area contributed by atoms with Crippen molar-refractivity contribution in [2.75, 3.05) is 23.9 Å². The average molecular weight is 382 g/mol. The summed E-state index contributed by atoms with van der Waals surface area (Å²) in [6.07, 6.45) is 0.288. The highest BCUT2D eigenvalue weighted by Gasteiger charge is 2.40. The minimum Gasteiger partial charge on any atom is -0.371 e. The van der Waals surface area contributed by atoms with Crippen molar-refractivity contribution < 1.29 is 17.9 Å². The summed E-state index contributed by atoms with van der Waals surface area (Å²) >= 11 is 6.87. The van der Waals surface area contributed by atoms with E-state index in [0.29, 0.717) is 16.6 Å². The van der Waals surface area contributed by atoms with Gasteiger partial charge in [-0.15, -0.1) is 0 Å². The molecule has 0 aromatic heterocycles. The van der Waals surface area contributed by atoms with Crippen LogP contribution in [0.2, 0.25) is 0 Å². The van der Waals surface area contributed by atoms with Crippen molar-refractivity contribution >= 4 is 31.9 Å². The maximum Gasteiger partial charge on any atom is 0.411 e. The number of rotatable bonds is 6. The standard InChI is InChI=1S/C11H17Br2F3O/c12-5-10(6-13,9-3-1-2-4-9)7-17-8-11(14,15)16/h9H,1-8H2. The third-order valence-electron chi connectivity index (χ3n) is 3.41. The summed E-state index contributed by atoms with van der Waals surface area (Å²) in [4.78, 5) is 0. The van der Waals surface area contributed by atoms with Gasteiger partial charge in [-0.05, 0) is 18.8 Å². The highest BCUT2D eigenvalue weighted by atomic mass is 79.9. The lowest BCUT2D eigenvalue weighted by Crippen LogP contribution is -2.39. The van der Waals surface area contributed by atoms with Crippen molar-refractivity contribution in [3.63, 3.8) is 0 Å². The third kappa shape index (κ3) is 4.71. The van der Waals surface area contributed by atoms with Gasteiger partial charge in [-0.3, -0.25) is 0 Å². The Kier molecular flexibility index (Phi) is 6.26. The molecule has 0 aromatic rings. The second-order valence-corrected chi connectivity index (χ2v) is 5.84. The molecule has 0 unspecified atom stereocenters. The van der Waals surface area contributed by atoms with E-state index in [1.54, 1.807) is 0 Å². The Morgan fingerprint density at radius 3 is 1.94 bits per heavy atom. The van der Waals surface area contributed by atoms with Crippen LogP contribution in [0.15, 0.2) is 0 Å². The molecule has 0 atom stereocenters. The van der Waals surface area contributed by atoms with E-state index in [0.717, 1.165) is 12.8 Å². The Labute approximate surface area is 117 Å². The van der Waals surface area contributed by atoms with Gasteiger partial charge in [-0.25, -0.2) is 0 Å². The zero-order valence-electron chi connectivity index (χ0n) is 9.53. The Morgan fingerprint density at radius 1 is 1.00 bits per heavy atom. The van der Waals surface area contributed by atoms with E-state index in [9.17, 15) is 13.2 Å². The molecule has 0 N–H and O–H groups in total. The lowest BCUT2D eigenvalue weighted by Gasteiger charge is -2.36. The van der Waals surface area contributed by atoms with E-state index < -0.39 is 12.8 Å². The molecular weight excluding hydrogens is 365 g/mol. The van der Waals surface area contributed by atoms with Crippen LogP contribution in [0.3, 0.4) is 0 Å². The summed E-state index contributed by atoms with van der Waals surface area (Å²) in [5, 5.41) is 1.35. The minimum absolute atomic E-state index is 0.160. The van der Waals surface area contributed by atoms with Crippen LogP contribution in [-0.2, 0) is 4.74 Å². The van der Waals surface area contributed by atoms with Crippen molar-refractivity contribution in [1.29, 1.82) is 0 Å². The number of hydrogen-bond donors (Lipinski definition) is 0. The van der Waals surface area contributed by atoms with E-state index in [1.165, 1.54) is 12.8 Å². The molecule has 0 aromatic carbocycles. The topological polar surface area (TPSA) is 9.23 Å². The van der Waals surface area contributed by atoms with Gasteiger partial charge in [0.25, 0.3) is 0 Å². The molecule has 0 spiro atoms.